The number of aromatic nitrogens is 4. The zero-order chi connectivity index (χ0) is 14.8. The van der Waals surface area contributed by atoms with Crippen LogP contribution in [0.2, 0.25) is 0 Å². The average molecular weight is 282 g/mol. The Balaban J connectivity index is 2.23. The van der Waals surface area contributed by atoms with Gasteiger partial charge in [-0.05, 0) is 31.2 Å². The maximum absolute atomic E-state index is 4.37. The van der Waals surface area contributed by atoms with Crippen LogP contribution in [0.4, 0.5) is 0 Å². The first kappa shape index (κ1) is 15.4. The van der Waals surface area contributed by atoms with Gasteiger partial charge in [0.1, 0.15) is 32.2 Å². The van der Waals surface area contributed by atoms with Gasteiger partial charge in [0.15, 0.2) is 0 Å². The van der Waals surface area contributed by atoms with Crippen molar-refractivity contribution in [2.24, 2.45) is 0 Å². The lowest BCUT2D eigenvalue weighted by Gasteiger charge is -2.33. The fourth-order valence-corrected chi connectivity index (χ4v) is 3.04. The van der Waals surface area contributed by atoms with E-state index in [-0.39, 0.29) is 5.54 Å². The Labute approximate surface area is 122 Å². The summed E-state index contributed by atoms with van der Waals surface area (Å²) in [4.78, 5) is 3.29. The van der Waals surface area contributed by atoms with E-state index in [1.165, 1.54) is 32.6 Å². The van der Waals surface area contributed by atoms with E-state index in [4.69, 9.17) is 0 Å². The van der Waals surface area contributed by atoms with E-state index < -0.39 is 0 Å². The third-order valence-corrected chi connectivity index (χ3v) is 4.26. The van der Waals surface area contributed by atoms with Crippen LogP contribution < -0.4 is 9.80 Å². The van der Waals surface area contributed by atoms with Gasteiger partial charge in [-0.2, -0.15) is 0 Å². The van der Waals surface area contributed by atoms with Crippen LogP contribution in [-0.4, -0.2) is 53.4 Å². The monoisotopic (exact) mass is 282 g/mol. The van der Waals surface area contributed by atoms with Gasteiger partial charge in [0, 0.05) is 6.42 Å². The molecule has 0 amide bonds. The number of likely N-dealkylation sites (N-methyl/N-ethyl adjacent to an activating group) is 1. The van der Waals surface area contributed by atoms with Crippen molar-refractivity contribution in [1.29, 1.82) is 0 Å². The molecule has 0 radical (unpaired) electrons. The van der Waals surface area contributed by atoms with Gasteiger partial charge in [-0.15, -0.1) is 5.10 Å². The summed E-state index contributed by atoms with van der Waals surface area (Å²) in [5.41, 5.74) is -0.0535. The molecule has 0 bridgehead atoms. The van der Waals surface area contributed by atoms with Crippen LogP contribution >= 0.6 is 0 Å². The predicted octanol–water partition coefficient (Wildman–Crippen LogP) is -1.32. The largest absolute Gasteiger partial charge is 0.328 e. The van der Waals surface area contributed by atoms with E-state index in [0.29, 0.717) is 6.04 Å². The molecule has 1 aromatic heterocycles. The molecule has 0 saturated carbocycles. The summed E-state index contributed by atoms with van der Waals surface area (Å²) >= 11 is 0. The molecule has 6 heteroatoms. The number of rotatable bonds is 4. The first-order valence-electron chi connectivity index (χ1n) is 7.88. The summed E-state index contributed by atoms with van der Waals surface area (Å²) < 4.78 is 2.02. The maximum atomic E-state index is 4.37. The lowest BCUT2D eigenvalue weighted by Crippen LogP contribution is -3.27. The molecule has 1 aliphatic heterocycles. The summed E-state index contributed by atoms with van der Waals surface area (Å²) in [5.74, 6) is 1.06. The summed E-state index contributed by atoms with van der Waals surface area (Å²) in [6, 6.07) is 0.433. The number of hydrogen-bond donors (Lipinski definition) is 2. The standard InChI is InChI=1S/C14H28N6/c1-6-7-12(19-10-8-18(5)9-11-19)13-15-16-17-20(13)14(2,3)4/h12H,6-11H2,1-5H3/p+2/t12-/m0/s1. The minimum atomic E-state index is -0.0535. The van der Waals surface area contributed by atoms with Gasteiger partial charge in [-0.1, -0.05) is 13.3 Å². The fraction of sp³-hybridized carbons (Fsp3) is 0.929. The van der Waals surface area contributed by atoms with Crippen LogP contribution in [0.5, 0.6) is 0 Å². The molecule has 0 aromatic carbocycles. The number of nitrogens with one attached hydrogen (secondary N) is 2. The number of piperazine rings is 1. The fourth-order valence-electron chi connectivity index (χ4n) is 3.04. The molecular formula is C14H30N6+2. The van der Waals surface area contributed by atoms with Crippen LogP contribution in [0.3, 0.4) is 0 Å². The third kappa shape index (κ3) is 3.35. The molecule has 0 unspecified atom stereocenters. The molecule has 1 saturated heterocycles. The number of tetrazole rings is 1. The van der Waals surface area contributed by atoms with Gasteiger partial charge in [0.2, 0.25) is 5.82 Å². The molecule has 2 N–H and O–H groups in total. The molecule has 2 heterocycles. The minimum absolute atomic E-state index is 0.0535. The van der Waals surface area contributed by atoms with Crippen molar-refractivity contribution >= 4 is 0 Å². The molecule has 20 heavy (non-hydrogen) atoms. The molecule has 2 rings (SSSR count). The highest BCUT2D eigenvalue weighted by molar-refractivity contribution is 4.92. The Kier molecular flexibility index (Phi) is 4.75. The molecule has 0 spiro atoms. The quantitative estimate of drug-likeness (QED) is 0.720. The summed E-state index contributed by atoms with van der Waals surface area (Å²) in [7, 11) is 2.28. The van der Waals surface area contributed by atoms with Crippen LogP contribution in [-0.2, 0) is 5.54 Å². The summed E-state index contributed by atoms with van der Waals surface area (Å²) in [5, 5.41) is 12.6. The molecular weight excluding hydrogens is 252 g/mol. The van der Waals surface area contributed by atoms with Crippen molar-refractivity contribution in [2.75, 3.05) is 33.2 Å². The molecule has 1 aromatic rings. The topological polar surface area (TPSA) is 52.5 Å². The maximum Gasteiger partial charge on any atom is 0.209 e. The molecule has 1 fully saturated rings. The van der Waals surface area contributed by atoms with E-state index in [2.05, 4.69) is 50.3 Å². The summed E-state index contributed by atoms with van der Waals surface area (Å²) in [6.07, 6.45) is 2.33. The van der Waals surface area contributed by atoms with Crippen LogP contribution in [0.1, 0.15) is 52.4 Å². The highest BCUT2D eigenvalue weighted by Crippen LogP contribution is 2.19. The smallest absolute Gasteiger partial charge is 0.209 e. The van der Waals surface area contributed by atoms with E-state index in [0.717, 1.165) is 12.2 Å². The Morgan fingerprint density at radius 2 is 1.85 bits per heavy atom. The van der Waals surface area contributed by atoms with Gasteiger partial charge in [-0.3, -0.25) is 0 Å². The number of hydrogen-bond acceptors (Lipinski definition) is 3. The Morgan fingerprint density at radius 1 is 1.20 bits per heavy atom. The van der Waals surface area contributed by atoms with Gasteiger partial charge < -0.3 is 9.80 Å². The van der Waals surface area contributed by atoms with Crippen LogP contribution in [0.25, 0.3) is 0 Å². The van der Waals surface area contributed by atoms with Crippen molar-refractivity contribution in [1.82, 2.24) is 20.2 Å². The zero-order valence-corrected chi connectivity index (χ0v) is 13.6. The first-order chi connectivity index (χ1) is 9.43. The Morgan fingerprint density at radius 3 is 2.40 bits per heavy atom. The van der Waals surface area contributed by atoms with Crippen molar-refractivity contribution in [3.8, 4) is 0 Å². The normalized spacial score (nSPS) is 25.6. The van der Waals surface area contributed by atoms with E-state index >= 15 is 0 Å². The van der Waals surface area contributed by atoms with Crippen molar-refractivity contribution in [3.63, 3.8) is 0 Å². The second-order valence-electron chi connectivity index (χ2n) is 7.08. The SMILES string of the molecule is CCC[C@@H](c1nnnn1C(C)(C)C)[NH+]1CC[NH+](C)CC1. The Bertz CT molecular complexity index is 414. The first-order valence-corrected chi connectivity index (χ1v) is 7.88. The molecule has 1 atom stereocenters. The number of quaternary nitrogens is 2. The van der Waals surface area contributed by atoms with E-state index in [1.54, 1.807) is 9.80 Å². The van der Waals surface area contributed by atoms with Gasteiger partial charge in [-0.25, -0.2) is 4.68 Å². The van der Waals surface area contributed by atoms with Crippen molar-refractivity contribution in [2.45, 2.75) is 52.1 Å². The van der Waals surface area contributed by atoms with Crippen LogP contribution in [0, 0.1) is 0 Å². The molecule has 1 aliphatic rings. The Hall–Kier alpha value is -1.01. The van der Waals surface area contributed by atoms with Crippen molar-refractivity contribution < 1.29 is 9.80 Å². The van der Waals surface area contributed by atoms with E-state index in [9.17, 15) is 0 Å². The van der Waals surface area contributed by atoms with Gasteiger partial charge >= 0.3 is 0 Å². The second-order valence-corrected chi connectivity index (χ2v) is 7.08. The van der Waals surface area contributed by atoms with E-state index in [1.807, 2.05) is 4.68 Å². The minimum Gasteiger partial charge on any atom is -0.328 e. The molecule has 0 aliphatic carbocycles. The average Bonchev–Trinajstić information content (AvgIpc) is 2.86. The lowest BCUT2D eigenvalue weighted by atomic mass is 10.1. The third-order valence-electron chi connectivity index (χ3n) is 4.26. The predicted molar refractivity (Wildman–Crippen MR) is 77.8 cm³/mol. The highest BCUT2D eigenvalue weighted by Gasteiger charge is 2.34. The summed E-state index contributed by atoms with van der Waals surface area (Å²) in [6.45, 7) is 13.7. The van der Waals surface area contributed by atoms with Crippen molar-refractivity contribution in [3.05, 3.63) is 5.82 Å². The molecule has 114 valence electrons. The van der Waals surface area contributed by atoms with Crippen LogP contribution in [0.15, 0.2) is 0 Å². The second kappa shape index (κ2) is 6.18. The molecule has 6 nitrogen and oxygen atoms in total. The van der Waals surface area contributed by atoms with Gasteiger partial charge in [0.25, 0.3) is 0 Å². The number of nitrogens with zero attached hydrogens (tertiary/aromatic N) is 4. The highest BCUT2D eigenvalue weighted by atomic mass is 15.6. The van der Waals surface area contributed by atoms with Gasteiger partial charge in [0.05, 0.1) is 12.6 Å². The lowest BCUT2D eigenvalue weighted by molar-refractivity contribution is -1.02. The zero-order valence-electron chi connectivity index (χ0n) is 13.6.